The van der Waals surface area contributed by atoms with E-state index in [9.17, 15) is 0 Å². The van der Waals surface area contributed by atoms with Gasteiger partial charge >= 0.3 is 0 Å². The molecule has 4 atom stereocenters. The summed E-state index contributed by atoms with van der Waals surface area (Å²) in [5, 5.41) is 0. The second kappa shape index (κ2) is 7.77. The fraction of sp³-hybridized carbons (Fsp3) is 0.600. The van der Waals surface area contributed by atoms with Crippen LogP contribution >= 0.6 is 0 Å². The van der Waals surface area contributed by atoms with Crippen molar-refractivity contribution in [3.63, 3.8) is 0 Å². The van der Waals surface area contributed by atoms with Crippen molar-refractivity contribution in [2.24, 2.45) is 16.7 Å². The van der Waals surface area contributed by atoms with E-state index in [1.54, 1.807) is 19.8 Å². The van der Waals surface area contributed by atoms with Gasteiger partial charge in [-0.3, -0.25) is 0 Å². The summed E-state index contributed by atoms with van der Waals surface area (Å²) in [4.78, 5) is 0. The van der Waals surface area contributed by atoms with E-state index in [1.807, 2.05) is 7.11 Å². The van der Waals surface area contributed by atoms with Crippen LogP contribution in [0, 0.1) is 16.7 Å². The van der Waals surface area contributed by atoms with Crippen LogP contribution in [-0.4, -0.2) is 26.9 Å². The zero-order chi connectivity index (χ0) is 22.1. The first-order valence-corrected chi connectivity index (χ1v) is 12.4. The van der Waals surface area contributed by atoms with Crippen LogP contribution in [0.1, 0.15) is 81.4 Å². The summed E-state index contributed by atoms with van der Waals surface area (Å²) in [6.07, 6.45) is 8.79. The molecule has 0 amide bonds. The lowest BCUT2D eigenvalue weighted by atomic mass is 9.45. The van der Waals surface area contributed by atoms with E-state index in [-0.39, 0.29) is 18.4 Å². The standard InChI is InChI=1S/C29H36O3.CH4/c1-27-18-24(19-5-8-21(30-2)9-6-19)26-23-11-10-22(31-3)17-20(23)7-12-25(26)28(27)13-15-29(27,32-4)16-14-28;/h5-6,8-11,17,24-26H,7,12-16,18H2,1-4H3;1H4/t24-,25?,26?,27+,28?,29?;/m1./s1. The second-order valence-electron chi connectivity index (χ2n) is 11.0. The maximum absolute atomic E-state index is 6.42. The van der Waals surface area contributed by atoms with Crippen molar-refractivity contribution in [2.45, 2.75) is 76.7 Å². The Kier molecular flexibility index (Phi) is 5.36. The van der Waals surface area contributed by atoms with Gasteiger partial charge in [-0.25, -0.2) is 0 Å². The first kappa shape index (κ1) is 22.8. The van der Waals surface area contributed by atoms with Gasteiger partial charge in [0, 0.05) is 12.5 Å². The molecule has 2 unspecified atom stereocenters. The normalized spacial score (nSPS) is 38.0. The molecule has 3 heteroatoms. The fourth-order valence-corrected chi connectivity index (χ4v) is 9.07. The molecule has 0 N–H and O–H groups in total. The number of hydrogen-bond acceptors (Lipinski definition) is 3. The highest BCUT2D eigenvalue weighted by Crippen LogP contribution is 2.80. The third-order valence-electron chi connectivity index (χ3n) is 10.6. The number of rotatable bonds is 4. The minimum atomic E-state index is 0. The van der Waals surface area contributed by atoms with E-state index in [0.29, 0.717) is 23.2 Å². The summed E-state index contributed by atoms with van der Waals surface area (Å²) in [7, 11) is 5.50. The lowest BCUT2D eigenvalue weighted by molar-refractivity contribution is -0.126. The van der Waals surface area contributed by atoms with Gasteiger partial charge in [-0.2, -0.15) is 0 Å². The van der Waals surface area contributed by atoms with E-state index in [2.05, 4.69) is 49.4 Å². The van der Waals surface area contributed by atoms with Crippen LogP contribution in [-0.2, 0) is 11.2 Å². The molecule has 0 aliphatic heterocycles. The van der Waals surface area contributed by atoms with Crippen LogP contribution in [0.4, 0.5) is 0 Å². The Morgan fingerprint density at radius 1 is 0.848 bits per heavy atom. The van der Waals surface area contributed by atoms with Gasteiger partial charge in [0.25, 0.3) is 0 Å². The fourth-order valence-electron chi connectivity index (χ4n) is 9.07. The predicted molar refractivity (Wildman–Crippen MR) is 133 cm³/mol. The van der Waals surface area contributed by atoms with Crippen molar-refractivity contribution in [1.29, 1.82) is 0 Å². The van der Waals surface area contributed by atoms with E-state index in [0.717, 1.165) is 11.5 Å². The van der Waals surface area contributed by atoms with Gasteiger partial charge in [0.05, 0.1) is 19.8 Å². The highest BCUT2D eigenvalue weighted by Gasteiger charge is 2.75. The molecule has 2 bridgehead atoms. The number of ether oxygens (including phenoxy) is 3. The Morgan fingerprint density at radius 3 is 2.15 bits per heavy atom. The monoisotopic (exact) mass is 448 g/mol. The highest BCUT2D eigenvalue weighted by atomic mass is 16.5. The molecule has 178 valence electrons. The first-order valence-electron chi connectivity index (χ1n) is 12.4. The van der Waals surface area contributed by atoms with Crippen molar-refractivity contribution in [3.8, 4) is 11.5 Å². The van der Waals surface area contributed by atoms with Crippen molar-refractivity contribution < 1.29 is 14.2 Å². The van der Waals surface area contributed by atoms with E-state index in [4.69, 9.17) is 14.2 Å². The average Bonchev–Trinajstić information content (AvgIpc) is 3.26. The predicted octanol–water partition coefficient (Wildman–Crippen LogP) is 7.14. The van der Waals surface area contributed by atoms with Gasteiger partial charge in [-0.15, -0.1) is 0 Å². The molecule has 4 aliphatic carbocycles. The van der Waals surface area contributed by atoms with Crippen LogP contribution in [0.5, 0.6) is 11.5 Å². The van der Waals surface area contributed by atoms with Gasteiger partial charge in [0.2, 0.25) is 0 Å². The molecule has 0 aromatic heterocycles. The molecule has 3 nitrogen and oxygen atoms in total. The molecule has 4 aliphatic rings. The molecule has 2 aromatic carbocycles. The molecule has 0 heterocycles. The maximum Gasteiger partial charge on any atom is 0.119 e. The smallest absolute Gasteiger partial charge is 0.119 e. The maximum atomic E-state index is 6.42. The number of methoxy groups -OCH3 is 3. The van der Waals surface area contributed by atoms with Crippen LogP contribution in [0.3, 0.4) is 0 Å². The lowest BCUT2D eigenvalue weighted by Crippen LogP contribution is -2.54. The largest absolute Gasteiger partial charge is 0.497 e. The number of hydrogen-bond donors (Lipinski definition) is 0. The van der Waals surface area contributed by atoms with Gasteiger partial charge in [0.1, 0.15) is 11.5 Å². The van der Waals surface area contributed by atoms with Crippen molar-refractivity contribution in [2.75, 3.05) is 21.3 Å². The molecule has 0 spiro atoms. The minimum Gasteiger partial charge on any atom is -0.497 e. The Labute approximate surface area is 199 Å². The highest BCUT2D eigenvalue weighted by molar-refractivity contribution is 5.45. The van der Waals surface area contributed by atoms with Crippen molar-refractivity contribution >= 4 is 0 Å². The summed E-state index contributed by atoms with van der Waals surface area (Å²) < 4.78 is 17.5. The summed E-state index contributed by atoms with van der Waals surface area (Å²) in [5.41, 5.74) is 5.24. The number of aryl methyl sites for hydroxylation is 1. The summed E-state index contributed by atoms with van der Waals surface area (Å²) in [6, 6.07) is 15.8. The van der Waals surface area contributed by atoms with Crippen molar-refractivity contribution in [1.82, 2.24) is 0 Å². The third-order valence-corrected chi connectivity index (χ3v) is 10.6. The molecule has 6 rings (SSSR count). The summed E-state index contributed by atoms with van der Waals surface area (Å²) in [6.45, 7) is 2.59. The molecule has 0 saturated heterocycles. The summed E-state index contributed by atoms with van der Waals surface area (Å²) in [5.74, 6) is 3.71. The molecular formula is C30H40O3. The first-order chi connectivity index (χ1) is 15.5. The zero-order valence-electron chi connectivity index (χ0n) is 19.9. The Balaban J connectivity index is 0.00000228. The molecule has 3 saturated carbocycles. The third kappa shape index (κ3) is 2.78. The minimum absolute atomic E-state index is 0. The average molecular weight is 449 g/mol. The SMILES string of the molecule is C.COc1ccc([C@H]2C[C@]3(C)C4(OC)CCC3(CC4)C3CCc4cc(OC)ccc4C32)cc1. The van der Waals surface area contributed by atoms with E-state index >= 15 is 0 Å². The van der Waals surface area contributed by atoms with Gasteiger partial charge < -0.3 is 14.2 Å². The Hall–Kier alpha value is -2.00. The Bertz CT molecular complexity index is 1020. The molecule has 2 aromatic rings. The van der Waals surface area contributed by atoms with Crippen molar-refractivity contribution in [3.05, 3.63) is 59.2 Å². The lowest BCUT2D eigenvalue weighted by Gasteiger charge is -2.60. The number of fused-ring (bicyclic) bond motifs is 3. The van der Waals surface area contributed by atoms with Gasteiger partial charge in [-0.05, 0) is 109 Å². The number of benzene rings is 2. The zero-order valence-corrected chi connectivity index (χ0v) is 19.9. The van der Waals surface area contributed by atoms with Gasteiger partial charge in [-0.1, -0.05) is 32.5 Å². The second-order valence-corrected chi connectivity index (χ2v) is 11.0. The van der Waals surface area contributed by atoms with Crippen LogP contribution in [0.15, 0.2) is 42.5 Å². The molecule has 0 radical (unpaired) electrons. The summed E-state index contributed by atoms with van der Waals surface area (Å²) >= 11 is 0. The van der Waals surface area contributed by atoms with Crippen LogP contribution in [0.25, 0.3) is 0 Å². The molecular weight excluding hydrogens is 408 g/mol. The van der Waals surface area contributed by atoms with E-state index in [1.165, 1.54) is 56.1 Å². The molecule has 33 heavy (non-hydrogen) atoms. The van der Waals surface area contributed by atoms with Gasteiger partial charge in [0.15, 0.2) is 0 Å². The van der Waals surface area contributed by atoms with Crippen LogP contribution < -0.4 is 9.47 Å². The van der Waals surface area contributed by atoms with E-state index < -0.39 is 0 Å². The quantitative estimate of drug-likeness (QED) is 0.497. The Morgan fingerprint density at radius 2 is 1.52 bits per heavy atom. The molecule has 3 fully saturated rings. The topological polar surface area (TPSA) is 27.7 Å². The van der Waals surface area contributed by atoms with Crippen LogP contribution in [0.2, 0.25) is 0 Å².